The molecule has 0 aromatic heterocycles. The molecule has 0 aliphatic rings. The minimum Gasteiger partial charge on any atom is -0.466 e. The summed E-state index contributed by atoms with van der Waals surface area (Å²) < 4.78 is 69.8. The molecular formula is C17H16F3NO4S. The lowest BCUT2D eigenvalue weighted by molar-refractivity contribution is -0.142. The Labute approximate surface area is 148 Å². The average molecular weight is 387 g/mol. The van der Waals surface area contributed by atoms with Gasteiger partial charge in [-0.05, 0) is 42.8 Å². The Morgan fingerprint density at radius 1 is 1.12 bits per heavy atom. The molecule has 1 N–H and O–H groups in total. The van der Waals surface area contributed by atoms with Crippen molar-refractivity contribution in [3.8, 4) is 0 Å². The van der Waals surface area contributed by atoms with Crippen LogP contribution < -0.4 is 4.72 Å². The molecule has 26 heavy (non-hydrogen) atoms. The van der Waals surface area contributed by atoms with Crippen LogP contribution in [0.2, 0.25) is 0 Å². The molecule has 2 aromatic rings. The fourth-order valence-corrected chi connectivity index (χ4v) is 3.23. The summed E-state index contributed by atoms with van der Waals surface area (Å²) in [4.78, 5) is 10.9. The molecule has 2 aromatic carbocycles. The van der Waals surface area contributed by atoms with Gasteiger partial charge in [0.25, 0.3) is 10.0 Å². The first-order valence-corrected chi connectivity index (χ1v) is 9.05. The van der Waals surface area contributed by atoms with Crippen LogP contribution in [0.4, 0.5) is 18.9 Å². The number of halogens is 3. The molecule has 0 saturated carbocycles. The molecule has 2 rings (SSSR count). The Kier molecular flexibility index (Phi) is 5.91. The number of anilines is 1. The van der Waals surface area contributed by atoms with Gasteiger partial charge in [0.05, 0.1) is 23.5 Å². The van der Waals surface area contributed by atoms with Crippen molar-refractivity contribution in [3.63, 3.8) is 0 Å². The molecule has 0 spiro atoms. The topological polar surface area (TPSA) is 72.5 Å². The van der Waals surface area contributed by atoms with Gasteiger partial charge < -0.3 is 4.74 Å². The van der Waals surface area contributed by atoms with Crippen molar-refractivity contribution in [2.45, 2.75) is 24.4 Å². The summed E-state index contributed by atoms with van der Waals surface area (Å²) in [6, 6.07) is 9.36. The lowest BCUT2D eigenvalue weighted by Gasteiger charge is -2.11. The number of benzene rings is 2. The van der Waals surface area contributed by atoms with Gasteiger partial charge in [-0.15, -0.1) is 0 Å². The zero-order chi connectivity index (χ0) is 19.4. The van der Waals surface area contributed by atoms with Crippen molar-refractivity contribution in [3.05, 3.63) is 59.7 Å². The number of ether oxygens (including phenoxy) is 1. The molecule has 0 amide bonds. The maximum atomic E-state index is 12.7. The molecule has 0 radical (unpaired) electrons. The van der Waals surface area contributed by atoms with Crippen molar-refractivity contribution in [1.29, 1.82) is 0 Å². The molecule has 0 atom stereocenters. The summed E-state index contributed by atoms with van der Waals surface area (Å²) in [7, 11) is -4.18. The summed E-state index contributed by atoms with van der Waals surface area (Å²) in [6.45, 7) is 1.94. The van der Waals surface area contributed by atoms with Gasteiger partial charge in [0, 0.05) is 5.69 Å². The number of rotatable bonds is 6. The number of esters is 1. The number of nitrogens with one attached hydrogen (secondary N) is 1. The first-order valence-electron chi connectivity index (χ1n) is 7.56. The monoisotopic (exact) mass is 387 g/mol. The van der Waals surface area contributed by atoms with E-state index in [0.717, 1.165) is 18.2 Å². The first-order chi connectivity index (χ1) is 12.1. The maximum absolute atomic E-state index is 12.7. The first kappa shape index (κ1) is 19.8. The number of hydrogen-bond donors (Lipinski definition) is 1. The summed E-state index contributed by atoms with van der Waals surface area (Å²) >= 11 is 0. The number of hydrogen-bond acceptors (Lipinski definition) is 4. The van der Waals surface area contributed by atoms with Gasteiger partial charge in [-0.2, -0.15) is 13.2 Å². The third kappa shape index (κ3) is 5.22. The van der Waals surface area contributed by atoms with Crippen LogP contribution in [0.5, 0.6) is 0 Å². The molecule has 0 aliphatic heterocycles. The van der Waals surface area contributed by atoms with Crippen molar-refractivity contribution < 1.29 is 31.1 Å². The highest BCUT2D eigenvalue weighted by atomic mass is 32.2. The van der Waals surface area contributed by atoms with Gasteiger partial charge in [0.2, 0.25) is 0 Å². The Hall–Kier alpha value is -2.55. The van der Waals surface area contributed by atoms with E-state index < -0.39 is 32.6 Å². The van der Waals surface area contributed by atoms with Crippen LogP contribution in [0, 0.1) is 0 Å². The summed E-state index contributed by atoms with van der Waals surface area (Å²) in [6.07, 6.45) is -4.60. The third-order valence-corrected chi connectivity index (χ3v) is 4.71. The largest absolute Gasteiger partial charge is 0.466 e. The zero-order valence-electron chi connectivity index (χ0n) is 13.7. The van der Waals surface area contributed by atoms with E-state index in [9.17, 15) is 26.4 Å². The van der Waals surface area contributed by atoms with E-state index in [2.05, 4.69) is 4.72 Å². The van der Waals surface area contributed by atoms with Crippen LogP contribution in [-0.2, 0) is 32.2 Å². The highest BCUT2D eigenvalue weighted by Gasteiger charge is 2.31. The van der Waals surface area contributed by atoms with E-state index in [1.54, 1.807) is 6.92 Å². The number of sulfonamides is 1. The van der Waals surface area contributed by atoms with Gasteiger partial charge in [-0.3, -0.25) is 9.52 Å². The summed E-state index contributed by atoms with van der Waals surface area (Å²) in [5, 5.41) is 0. The van der Waals surface area contributed by atoms with E-state index in [4.69, 9.17) is 4.74 Å². The highest BCUT2D eigenvalue weighted by molar-refractivity contribution is 7.92. The number of alkyl halides is 3. The minimum absolute atomic E-state index is 0.0362. The van der Waals surface area contributed by atoms with Crippen LogP contribution >= 0.6 is 0 Å². The molecule has 0 fully saturated rings. The van der Waals surface area contributed by atoms with Gasteiger partial charge in [0.1, 0.15) is 0 Å². The standard InChI is InChI=1S/C17H16F3NO4S/c1-2-25-16(22)10-12-6-8-14(9-7-12)21-26(23,24)15-5-3-4-13(11-15)17(18,19)20/h3-9,11,21H,2,10H2,1H3. The van der Waals surface area contributed by atoms with Crippen molar-refractivity contribution in [2.75, 3.05) is 11.3 Å². The molecule has 0 heterocycles. The predicted molar refractivity (Wildman–Crippen MR) is 89.0 cm³/mol. The van der Waals surface area contributed by atoms with Crippen LogP contribution in [-0.4, -0.2) is 21.0 Å². The normalized spacial score (nSPS) is 11.8. The van der Waals surface area contributed by atoms with E-state index in [0.29, 0.717) is 11.6 Å². The quantitative estimate of drug-likeness (QED) is 0.769. The zero-order valence-corrected chi connectivity index (χ0v) is 14.5. The molecule has 9 heteroatoms. The van der Waals surface area contributed by atoms with Gasteiger partial charge in [-0.1, -0.05) is 18.2 Å². The molecular weight excluding hydrogens is 371 g/mol. The van der Waals surface area contributed by atoms with Crippen LogP contribution in [0.1, 0.15) is 18.1 Å². The second-order valence-corrected chi connectivity index (χ2v) is 6.99. The van der Waals surface area contributed by atoms with E-state index in [1.165, 1.54) is 24.3 Å². The lowest BCUT2D eigenvalue weighted by atomic mass is 10.1. The fourth-order valence-electron chi connectivity index (χ4n) is 2.12. The van der Waals surface area contributed by atoms with Crippen LogP contribution in [0.3, 0.4) is 0 Å². The summed E-state index contributed by atoms with van der Waals surface area (Å²) in [5.74, 6) is -0.412. The molecule has 0 aliphatic carbocycles. The van der Waals surface area contributed by atoms with Gasteiger partial charge in [0.15, 0.2) is 0 Å². The Morgan fingerprint density at radius 2 is 1.77 bits per heavy atom. The SMILES string of the molecule is CCOC(=O)Cc1ccc(NS(=O)(=O)c2cccc(C(F)(F)F)c2)cc1. The Balaban J connectivity index is 2.16. The molecule has 140 valence electrons. The fraction of sp³-hybridized carbons (Fsp3) is 0.235. The number of carbonyl (C=O) groups excluding carboxylic acids is 1. The lowest BCUT2D eigenvalue weighted by Crippen LogP contribution is -2.14. The minimum atomic E-state index is -4.64. The number of carbonyl (C=O) groups is 1. The second kappa shape index (κ2) is 7.77. The van der Waals surface area contributed by atoms with Crippen LogP contribution in [0.15, 0.2) is 53.4 Å². The van der Waals surface area contributed by atoms with E-state index >= 15 is 0 Å². The predicted octanol–water partition coefficient (Wildman–Crippen LogP) is 3.61. The highest BCUT2D eigenvalue weighted by Crippen LogP contribution is 2.30. The Bertz CT molecular complexity index is 878. The van der Waals surface area contributed by atoms with E-state index in [1.807, 2.05) is 0 Å². The van der Waals surface area contributed by atoms with Crippen molar-refractivity contribution in [1.82, 2.24) is 0 Å². The van der Waals surface area contributed by atoms with Gasteiger partial charge >= 0.3 is 12.1 Å². The second-order valence-electron chi connectivity index (χ2n) is 5.31. The maximum Gasteiger partial charge on any atom is 0.416 e. The van der Waals surface area contributed by atoms with Crippen molar-refractivity contribution in [2.24, 2.45) is 0 Å². The molecule has 0 unspecified atom stereocenters. The van der Waals surface area contributed by atoms with E-state index in [-0.39, 0.29) is 18.7 Å². The smallest absolute Gasteiger partial charge is 0.416 e. The Morgan fingerprint density at radius 3 is 2.35 bits per heavy atom. The summed E-state index contributed by atoms with van der Waals surface area (Å²) in [5.41, 5.74) is -0.273. The van der Waals surface area contributed by atoms with Crippen LogP contribution in [0.25, 0.3) is 0 Å². The van der Waals surface area contributed by atoms with Gasteiger partial charge in [-0.25, -0.2) is 8.42 Å². The molecule has 5 nitrogen and oxygen atoms in total. The molecule has 0 bridgehead atoms. The van der Waals surface area contributed by atoms with Crippen molar-refractivity contribution >= 4 is 21.7 Å². The molecule has 0 saturated heterocycles. The third-order valence-electron chi connectivity index (χ3n) is 3.33. The average Bonchev–Trinajstić information content (AvgIpc) is 2.56.